The van der Waals surface area contributed by atoms with Gasteiger partial charge >= 0.3 is 6.18 Å². The van der Waals surface area contributed by atoms with Crippen molar-refractivity contribution in [3.8, 4) is 11.4 Å². The number of likely N-dealkylation sites (N-methyl/N-ethyl adjacent to an activating group) is 1. The van der Waals surface area contributed by atoms with Crippen molar-refractivity contribution in [1.82, 2.24) is 30.5 Å². The molecule has 2 aromatic heterocycles. The lowest BCUT2D eigenvalue weighted by Gasteiger charge is -2.13. The van der Waals surface area contributed by atoms with Crippen LogP contribution in [0.3, 0.4) is 0 Å². The Kier molecular flexibility index (Phi) is 8.32. The predicted octanol–water partition coefficient (Wildman–Crippen LogP) is 4.15. The number of rotatable bonds is 6. The number of aromatic nitrogens is 5. The van der Waals surface area contributed by atoms with Crippen LogP contribution in [0.2, 0.25) is 0 Å². The topological polar surface area (TPSA) is 91.4 Å². The number of anilines is 2. The van der Waals surface area contributed by atoms with E-state index in [0.29, 0.717) is 30.3 Å². The van der Waals surface area contributed by atoms with E-state index in [2.05, 4.69) is 58.4 Å². The fourth-order valence-corrected chi connectivity index (χ4v) is 2.50. The van der Waals surface area contributed by atoms with E-state index in [9.17, 15) is 13.2 Å². The minimum Gasteiger partial charge on any atom is -0.319 e. The molecule has 1 aromatic carbocycles. The van der Waals surface area contributed by atoms with E-state index in [1.165, 1.54) is 18.2 Å². The van der Waals surface area contributed by atoms with E-state index in [0.717, 1.165) is 6.07 Å². The van der Waals surface area contributed by atoms with Gasteiger partial charge in [-0.25, -0.2) is 9.97 Å². The van der Waals surface area contributed by atoms with Crippen LogP contribution in [-0.4, -0.2) is 43.7 Å². The Morgan fingerprint density at radius 2 is 1.83 bits per heavy atom. The Labute approximate surface area is 180 Å². The Morgan fingerprint density at radius 3 is 2.45 bits per heavy atom. The summed E-state index contributed by atoms with van der Waals surface area (Å²) in [5.74, 6) is 1.19. The average Bonchev–Trinajstić information content (AvgIpc) is 3.11. The molecule has 0 unspecified atom stereocenters. The van der Waals surface area contributed by atoms with E-state index in [1.54, 1.807) is 20.0 Å². The summed E-state index contributed by atoms with van der Waals surface area (Å²) >= 11 is 2.15. The summed E-state index contributed by atoms with van der Waals surface area (Å²) in [5, 5.41) is 12.5. The SMILES string of the molecule is CI.CNCCc1cc(Nc2n[nH]c(C)n2)nc(-c2ccccc2C(F)(F)F)n1. The third kappa shape index (κ3) is 6.35. The van der Waals surface area contributed by atoms with Crippen LogP contribution in [0.1, 0.15) is 17.1 Å². The van der Waals surface area contributed by atoms with Gasteiger partial charge in [0.1, 0.15) is 11.6 Å². The Bertz CT molecular complexity index is 928. The van der Waals surface area contributed by atoms with Crippen LogP contribution in [0.25, 0.3) is 11.4 Å². The normalized spacial score (nSPS) is 11.0. The summed E-state index contributed by atoms with van der Waals surface area (Å²) < 4.78 is 40.1. The minimum atomic E-state index is -4.50. The number of benzene rings is 1. The smallest absolute Gasteiger partial charge is 0.319 e. The second-order valence-electron chi connectivity index (χ2n) is 5.83. The number of H-pyrrole nitrogens is 1. The summed E-state index contributed by atoms with van der Waals surface area (Å²) in [4.78, 5) is 14.7. The van der Waals surface area contributed by atoms with E-state index < -0.39 is 11.7 Å². The van der Waals surface area contributed by atoms with Crippen molar-refractivity contribution in [2.45, 2.75) is 19.5 Å². The maximum absolute atomic E-state index is 13.4. The minimum absolute atomic E-state index is 0.00807. The molecule has 0 radical (unpaired) electrons. The molecule has 3 N–H and O–H groups in total. The third-order valence-corrected chi connectivity index (χ3v) is 3.72. The highest BCUT2D eigenvalue weighted by atomic mass is 127. The summed E-state index contributed by atoms with van der Waals surface area (Å²) in [6.45, 7) is 2.36. The molecular weight excluding hydrogens is 498 g/mol. The van der Waals surface area contributed by atoms with Gasteiger partial charge in [-0.2, -0.15) is 18.2 Å². The third-order valence-electron chi connectivity index (χ3n) is 3.72. The molecule has 7 nitrogen and oxygen atoms in total. The van der Waals surface area contributed by atoms with Gasteiger partial charge in [-0.05, 0) is 25.0 Å². The lowest BCUT2D eigenvalue weighted by atomic mass is 10.1. The number of nitrogens with one attached hydrogen (secondary N) is 3. The second-order valence-corrected chi connectivity index (χ2v) is 5.83. The summed E-state index contributed by atoms with van der Waals surface area (Å²) in [6.07, 6.45) is -3.97. The largest absolute Gasteiger partial charge is 0.417 e. The van der Waals surface area contributed by atoms with Gasteiger partial charge < -0.3 is 10.6 Å². The van der Waals surface area contributed by atoms with Crippen molar-refractivity contribution in [3.63, 3.8) is 0 Å². The first kappa shape index (κ1) is 23.0. The molecule has 2 heterocycles. The molecule has 0 saturated carbocycles. The van der Waals surface area contributed by atoms with E-state index in [4.69, 9.17) is 0 Å². The molecule has 3 aromatic rings. The summed E-state index contributed by atoms with van der Waals surface area (Å²) in [7, 11) is 1.79. The molecule has 0 atom stereocenters. The van der Waals surface area contributed by atoms with Crippen molar-refractivity contribution >= 4 is 34.4 Å². The van der Waals surface area contributed by atoms with Gasteiger partial charge in [0.15, 0.2) is 5.82 Å². The molecule has 3 rings (SSSR count). The highest BCUT2D eigenvalue weighted by Gasteiger charge is 2.34. The van der Waals surface area contributed by atoms with Crippen molar-refractivity contribution in [3.05, 3.63) is 47.4 Å². The number of aryl methyl sites for hydroxylation is 1. The van der Waals surface area contributed by atoms with Gasteiger partial charge in [-0.15, -0.1) is 5.10 Å². The van der Waals surface area contributed by atoms with E-state index in [-0.39, 0.29) is 17.3 Å². The molecule has 0 aliphatic rings. The number of hydrogen-bond donors (Lipinski definition) is 3. The van der Waals surface area contributed by atoms with Gasteiger partial charge in [-0.1, -0.05) is 40.8 Å². The average molecular weight is 519 g/mol. The number of aromatic amines is 1. The van der Waals surface area contributed by atoms with Crippen LogP contribution in [0, 0.1) is 6.92 Å². The van der Waals surface area contributed by atoms with Gasteiger partial charge in [0.2, 0.25) is 5.95 Å². The molecule has 11 heteroatoms. The quantitative estimate of drug-likeness (QED) is 0.335. The van der Waals surface area contributed by atoms with Gasteiger partial charge in [-0.3, -0.25) is 5.10 Å². The first-order valence-electron chi connectivity index (χ1n) is 8.60. The first-order valence-corrected chi connectivity index (χ1v) is 10.8. The van der Waals surface area contributed by atoms with Crippen LogP contribution < -0.4 is 10.6 Å². The van der Waals surface area contributed by atoms with Crippen LogP contribution >= 0.6 is 22.6 Å². The van der Waals surface area contributed by atoms with Crippen molar-refractivity contribution < 1.29 is 13.2 Å². The van der Waals surface area contributed by atoms with Crippen LogP contribution in [0.15, 0.2) is 30.3 Å². The zero-order chi connectivity index (χ0) is 21.4. The fraction of sp³-hybridized carbons (Fsp3) is 0.333. The second kappa shape index (κ2) is 10.5. The Hall–Kier alpha value is -2.28. The van der Waals surface area contributed by atoms with Crippen LogP contribution in [0.4, 0.5) is 24.9 Å². The fourth-order valence-electron chi connectivity index (χ4n) is 2.50. The molecule has 0 saturated heterocycles. The zero-order valence-electron chi connectivity index (χ0n) is 16.1. The summed E-state index contributed by atoms with van der Waals surface area (Å²) in [5.41, 5.74) is -0.262. The molecule has 0 bridgehead atoms. The maximum atomic E-state index is 13.4. The molecule has 0 spiro atoms. The molecule has 0 aliphatic carbocycles. The Morgan fingerprint density at radius 1 is 1.10 bits per heavy atom. The van der Waals surface area contributed by atoms with Crippen LogP contribution in [-0.2, 0) is 12.6 Å². The highest BCUT2D eigenvalue weighted by molar-refractivity contribution is 14.1. The molecule has 0 aliphatic heterocycles. The highest BCUT2D eigenvalue weighted by Crippen LogP contribution is 2.36. The monoisotopic (exact) mass is 519 g/mol. The number of alkyl halides is 4. The van der Waals surface area contributed by atoms with Crippen LogP contribution in [0.5, 0.6) is 0 Å². The zero-order valence-corrected chi connectivity index (χ0v) is 18.3. The number of halogens is 4. The lowest BCUT2D eigenvalue weighted by Crippen LogP contribution is -2.13. The first-order chi connectivity index (χ1) is 13.9. The van der Waals surface area contributed by atoms with E-state index in [1.807, 2.05) is 4.93 Å². The Balaban J connectivity index is 0.00000145. The van der Waals surface area contributed by atoms with Gasteiger partial charge in [0.25, 0.3) is 0 Å². The lowest BCUT2D eigenvalue weighted by molar-refractivity contribution is -0.137. The predicted molar refractivity (Wildman–Crippen MR) is 114 cm³/mol. The van der Waals surface area contributed by atoms with Crippen molar-refractivity contribution in [2.75, 3.05) is 23.8 Å². The molecule has 0 fully saturated rings. The molecule has 156 valence electrons. The maximum Gasteiger partial charge on any atom is 0.417 e. The molecular formula is C18H21F3IN7. The number of hydrogen-bond acceptors (Lipinski definition) is 6. The summed E-state index contributed by atoms with van der Waals surface area (Å²) in [6, 6.07) is 6.92. The number of nitrogens with zero attached hydrogens (tertiary/aromatic N) is 4. The van der Waals surface area contributed by atoms with E-state index >= 15 is 0 Å². The van der Waals surface area contributed by atoms with Gasteiger partial charge in [0, 0.05) is 30.3 Å². The van der Waals surface area contributed by atoms with Crippen molar-refractivity contribution in [2.24, 2.45) is 0 Å². The standard InChI is InChI=1S/C17H18F3N7.CH3I/c1-10-22-16(27-26-10)25-14-9-11(7-8-21-2)23-15(24-14)12-5-3-4-6-13(12)17(18,19)20;1-2/h3-6,9,21H,7-8H2,1-2H3,(H2,22,23,24,25,26,27);1H3. The molecule has 0 amide bonds. The molecule has 29 heavy (non-hydrogen) atoms. The van der Waals surface area contributed by atoms with Gasteiger partial charge in [0.05, 0.1) is 5.56 Å². The van der Waals surface area contributed by atoms with Crippen molar-refractivity contribution in [1.29, 1.82) is 0 Å².